The van der Waals surface area contributed by atoms with Gasteiger partial charge in [-0.2, -0.15) is 10.4 Å². The van der Waals surface area contributed by atoms with E-state index in [4.69, 9.17) is 16.9 Å². The number of unbranched alkanes of at least 4 members (excludes halogenated alkanes) is 2. The van der Waals surface area contributed by atoms with E-state index in [0.717, 1.165) is 30.5 Å². The molecular formula is C19H23ClN6O. The zero-order valence-corrected chi connectivity index (χ0v) is 16.0. The largest absolute Gasteiger partial charge is 0.356 e. The van der Waals surface area contributed by atoms with Crippen molar-refractivity contribution in [2.45, 2.75) is 32.7 Å². The smallest absolute Gasteiger partial charge is 0.266 e. The molecule has 0 aliphatic heterocycles. The molecule has 0 spiro atoms. The first-order chi connectivity index (χ1) is 13.1. The van der Waals surface area contributed by atoms with Crippen LogP contribution in [-0.4, -0.2) is 28.8 Å². The Morgan fingerprint density at radius 2 is 2.00 bits per heavy atom. The number of aromatic nitrogens is 2. The number of hydrogen-bond acceptors (Lipinski definition) is 4. The van der Waals surface area contributed by atoms with Gasteiger partial charge in [0.15, 0.2) is 6.19 Å². The van der Waals surface area contributed by atoms with Gasteiger partial charge in [0.25, 0.3) is 5.56 Å². The van der Waals surface area contributed by atoms with Crippen LogP contribution >= 0.6 is 11.6 Å². The Kier molecular flexibility index (Phi) is 8.33. The number of aliphatic imine (C=N–C) groups is 1. The van der Waals surface area contributed by atoms with E-state index >= 15 is 0 Å². The molecule has 8 heteroatoms. The third-order valence-corrected chi connectivity index (χ3v) is 4.08. The predicted molar refractivity (Wildman–Crippen MR) is 108 cm³/mol. The van der Waals surface area contributed by atoms with Gasteiger partial charge in [-0.05, 0) is 44.4 Å². The number of nitrogens with one attached hydrogen (secondary N) is 2. The van der Waals surface area contributed by atoms with Gasteiger partial charge in [-0.25, -0.2) is 4.68 Å². The van der Waals surface area contributed by atoms with Crippen LogP contribution in [0.15, 0.2) is 46.2 Å². The molecule has 0 aliphatic rings. The number of hydrogen-bond donors (Lipinski definition) is 2. The SMILES string of the molecule is CCNC(=NCCCCCn1nc(-c2ccc(Cl)cc2)ccc1=O)NC#N. The van der Waals surface area contributed by atoms with Gasteiger partial charge in [0.05, 0.1) is 5.69 Å². The number of nitriles is 1. The quantitative estimate of drug-likeness (QED) is 0.239. The Labute approximate surface area is 163 Å². The zero-order valence-electron chi connectivity index (χ0n) is 15.3. The molecule has 0 amide bonds. The van der Waals surface area contributed by atoms with E-state index < -0.39 is 0 Å². The molecule has 27 heavy (non-hydrogen) atoms. The molecule has 142 valence electrons. The molecule has 0 bridgehead atoms. The number of halogens is 1. The van der Waals surface area contributed by atoms with Crippen molar-refractivity contribution in [3.8, 4) is 17.5 Å². The molecule has 2 aromatic rings. The summed E-state index contributed by atoms with van der Waals surface area (Å²) in [5.41, 5.74) is 1.55. The van der Waals surface area contributed by atoms with Crippen LogP contribution in [0.3, 0.4) is 0 Å². The summed E-state index contributed by atoms with van der Waals surface area (Å²) in [6.45, 7) is 3.81. The Morgan fingerprint density at radius 1 is 1.22 bits per heavy atom. The number of nitrogens with zero attached hydrogens (tertiary/aromatic N) is 4. The zero-order chi connectivity index (χ0) is 19.5. The first-order valence-corrected chi connectivity index (χ1v) is 9.29. The molecule has 0 radical (unpaired) electrons. The van der Waals surface area contributed by atoms with E-state index in [1.807, 2.05) is 25.2 Å². The van der Waals surface area contributed by atoms with Gasteiger partial charge in [-0.1, -0.05) is 23.7 Å². The fourth-order valence-electron chi connectivity index (χ4n) is 2.48. The third kappa shape index (κ3) is 6.76. The lowest BCUT2D eigenvalue weighted by Gasteiger charge is -2.07. The highest BCUT2D eigenvalue weighted by molar-refractivity contribution is 6.30. The summed E-state index contributed by atoms with van der Waals surface area (Å²) in [6.07, 6.45) is 4.47. The van der Waals surface area contributed by atoms with Crippen LogP contribution in [-0.2, 0) is 6.54 Å². The van der Waals surface area contributed by atoms with Crippen molar-refractivity contribution in [3.05, 3.63) is 51.8 Å². The number of rotatable bonds is 8. The summed E-state index contributed by atoms with van der Waals surface area (Å²) in [5.74, 6) is 0.494. The second-order valence-corrected chi connectivity index (χ2v) is 6.28. The molecule has 7 nitrogen and oxygen atoms in total. The molecule has 1 heterocycles. The van der Waals surface area contributed by atoms with Gasteiger partial charge in [0, 0.05) is 36.3 Å². The second kappa shape index (κ2) is 11.0. The average molecular weight is 387 g/mol. The number of guanidine groups is 1. The summed E-state index contributed by atoms with van der Waals surface area (Å²) in [7, 11) is 0. The minimum atomic E-state index is -0.113. The fourth-order valence-corrected chi connectivity index (χ4v) is 2.61. The van der Waals surface area contributed by atoms with E-state index in [9.17, 15) is 4.79 Å². The monoisotopic (exact) mass is 386 g/mol. The Morgan fingerprint density at radius 3 is 2.70 bits per heavy atom. The van der Waals surface area contributed by atoms with Crippen LogP contribution in [0, 0.1) is 11.5 Å². The summed E-state index contributed by atoms with van der Waals surface area (Å²) in [6, 6.07) is 10.6. The molecule has 2 N–H and O–H groups in total. The molecule has 0 saturated carbocycles. The van der Waals surface area contributed by atoms with Gasteiger partial charge in [0.2, 0.25) is 5.96 Å². The van der Waals surface area contributed by atoms with Crippen molar-refractivity contribution >= 4 is 17.6 Å². The highest BCUT2D eigenvalue weighted by Gasteiger charge is 2.04. The van der Waals surface area contributed by atoms with Crippen LogP contribution < -0.4 is 16.2 Å². The Bertz CT molecular complexity index is 854. The molecule has 1 aromatic heterocycles. The van der Waals surface area contributed by atoms with Crippen LogP contribution in [0.5, 0.6) is 0 Å². The highest BCUT2D eigenvalue weighted by Crippen LogP contribution is 2.18. The predicted octanol–water partition coefficient (Wildman–Crippen LogP) is 2.77. The third-order valence-electron chi connectivity index (χ3n) is 3.82. The summed E-state index contributed by atoms with van der Waals surface area (Å²) in [4.78, 5) is 16.3. The number of aryl methyl sites for hydroxylation is 1. The average Bonchev–Trinajstić information content (AvgIpc) is 2.67. The minimum Gasteiger partial charge on any atom is -0.356 e. The van der Waals surface area contributed by atoms with E-state index in [-0.39, 0.29) is 5.56 Å². The van der Waals surface area contributed by atoms with Gasteiger partial charge in [-0.3, -0.25) is 15.1 Å². The van der Waals surface area contributed by atoms with Crippen molar-refractivity contribution in [3.63, 3.8) is 0 Å². The summed E-state index contributed by atoms with van der Waals surface area (Å²) < 4.78 is 1.49. The molecule has 2 rings (SSSR count). The summed E-state index contributed by atoms with van der Waals surface area (Å²) >= 11 is 5.91. The molecule has 0 aliphatic carbocycles. The lowest BCUT2D eigenvalue weighted by Crippen LogP contribution is -2.34. The first kappa shape index (κ1) is 20.5. The maximum absolute atomic E-state index is 12.0. The first-order valence-electron chi connectivity index (χ1n) is 8.91. The molecule has 1 aromatic carbocycles. The van der Waals surface area contributed by atoms with Crippen LogP contribution in [0.4, 0.5) is 0 Å². The van der Waals surface area contributed by atoms with E-state index in [0.29, 0.717) is 30.6 Å². The van der Waals surface area contributed by atoms with Crippen LogP contribution in [0.1, 0.15) is 26.2 Å². The molecule has 0 saturated heterocycles. The highest BCUT2D eigenvalue weighted by atomic mass is 35.5. The Balaban J connectivity index is 1.86. The number of benzene rings is 1. The maximum Gasteiger partial charge on any atom is 0.266 e. The lowest BCUT2D eigenvalue weighted by atomic mass is 10.1. The van der Waals surface area contributed by atoms with E-state index in [1.54, 1.807) is 18.2 Å². The molecular weight excluding hydrogens is 364 g/mol. The molecule has 0 fully saturated rings. The van der Waals surface area contributed by atoms with Gasteiger partial charge in [0.1, 0.15) is 0 Å². The lowest BCUT2D eigenvalue weighted by molar-refractivity contribution is 0.525. The standard InChI is InChI=1S/C19H23ClN6O/c1-2-22-19(24-14-21)23-12-4-3-5-13-26-18(27)11-10-17(25-26)15-6-8-16(20)9-7-15/h6-11H,2-5,12-13H2,1H3,(H2,22,23,24). The summed E-state index contributed by atoms with van der Waals surface area (Å²) in [5, 5.41) is 19.3. The maximum atomic E-state index is 12.0. The minimum absolute atomic E-state index is 0.113. The molecule has 0 unspecified atom stereocenters. The van der Waals surface area contributed by atoms with E-state index in [2.05, 4.69) is 20.7 Å². The van der Waals surface area contributed by atoms with Crippen molar-refractivity contribution in [1.29, 1.82) is 5.26 Å². The van der Waals surface area contributed by atoms with Gasteiger partial charge < -0.3 is 5.32 Å². The van der Waals surface area contributed by atoms with Crippen LogP contribution in [0.25, 0.3) is 11.3 Å². The van der Waals surface area contributed by atoms with Crippen molar-refractivity contribution < 1.29 is 0 Å². The normalized spacial score (nSPS) is 11.1. The van der Waals surface area contributed by atoms with Crippen molar-refractivity contribution in [1.82, 2.24) is 20.4 Å². The van der Waals surface area contributed by atoms with Crippen molar-refractivity contribution in [2.75, 3.05) is 13.1 Å². The van der Waals surface area contributed by atoms with Gasteiger partial charge in [-0.15, -0.1) is 0 Å². The van der Waals surface area contributed by atoms with Crippen LogP contribution in [0.2, 0.25) is 5.02 Å². The van der Waals surface area contributed by atoms with Crippen molar-refractivity contribution in [2.24, 2.45) is 4.99 Å². The Hall–Kier alpha value is -2.85. The molecule has 0 atom stereocenters. The van der Waals surface area contributed by atoms with E-state index in [1.165, 1.54) is 10.7 Å². The second-order valence-electron chi connectivity index (χ2n) is 5.84. The fraction of sp³-hybridized carbons (Fsp3) is 0.368. The van der Waals surface area contributed by atoms with Gasteiger partial charge >= 0.3 is 0 Å². The topological polar surface area (TPSA) is 95.1 Å².